The van der Waals surface area contributed by atoms with Crippen LogP contribution in [0.3, 0.4) is 0 Å². The number of methoxy groups -OCH3 is 1. The molecule has 2 rings (SSSR count). The largest absolute Gasteiger partial charge is 0.497 e. The average Bonchev–Trinajstić information content (AvgIpc) is 2.79. The summed E-state index contributed by atoms with van der Waals surface area (Å²) < 4.78 is 35.2. The minimum absolute atomic E-state index is 0.0648. The van der Waals surface area contributed by atoms with Crippen LogP contribution in [0.5, 0.6) is 11.5 Å². The van der Waals surface area contributed by atoms with Crippen LogP contribution in [0.4, 0.5) is 8.78 Å². The lowest BCUT2D eigenvalue weighted by Crippen LogP contribution is -2.36. The van der Waals surface area contributed by atoms with Gasteiger partial charge in [-0.2, -0.15) is 8.78 Å². The number of nitrogens with one attached hydrogen (secondary N) is 3. The Balaban J connectivity index is 2.10. The molecule has 0 bridgehead atoms. The number of ether oxygens (including phenoxy) is 2. The molecular formula is C23H30F2N4O3. The Hall–Kier alpha value is -3.36. The Morgan fingerprint density at radius 2 is 1.91 bits per heavy atom. The van der Waals surface area contributed by atoms with Crippen molar-refractivity contribution in [1.29, 1.82) is 0 Å². The summed E-state index contributed by atoms with van der Waals surface area (Å²) in [6, 6.07) is 11.9. The van der Waals surface area contributed by atoms with Gasteiger partial charge in [0, 0.05) is 30.8 Å². The number of benzene rings is 2. The molecule has 3 N–H and O–H groups in total. The van der Waals surface area contributed by atoms with Crippen molar-refractivity contribution in [2.24, 2.45) is 4.99 Å². The summed E-state index contributed by atoms with van der Waals surface area (Å²) in [6.07, 6.45) is 0.866. The highest BCUT2D eigenvalue weighted by Crippen LogP contribution is 2.25. The molecular weight excluding hydrogens is 418 g/mol. The third kappa shape index (κ3) is 8.05. The number of rotatable bonds is 11. The summed E-state index contributed by atoms with van der Waals surface area (Å²) >= 11 is 0. The maximum absolute atomic E-state index is 12.7. The molecule has 0 heterocycles. The van der Waals surface area contributed by atoms with Gasteiger partial charge in [0.15, 0.2) is 5.96 Å². The molecule has 9 heteroatoms. The molecule has 0 aromatic heterocycles. The molecule has 0 aliphatic heterocycles. The molecule has 0 unspecified atom stereocenters. The molecule has 0 fully saturated rings. The fourth-order valence-corrected chi connectivity index (χ4v) is 2.87. The number of alkyl halides is 2. The zero-order valence-corrected chi connectivity index (χ0v) is 18.6. The van der Waals surface area contributed by atoms with Gasteiger partial charge < -0.3 is 25.4 Å². The Kier molecular flexibility index (Phi) is 10.2. The number of guanidine groups is 1. The van der Waals surface area contributed by atoms with Crippen LogP contribution in [0, 0.1) is 0 Å². The predicted molar refractivity (Wildman–Crippen MR) is 120 cm³/mol. The standard InChI is InChI=1S/C23H30F2N4O3/c1-4-11-27-21(30)17-8-6-7-16(12-17)14-28-23(26-5-2)29-15-18-13-19(31-3)9-10-20(18)32-22(24)25/h6-10,12-13,22H,4-5,11,14-15H2,1-3H3,(H,27,30)(H2,26,28,29). The third-order valence-electron chi connectivity index (χ3n) is 4.42. The Morgan fingerprint density at radius 3 is 2.59 bits per heavy atom. The molecule has 1 amide bonds. The van der Waals surface area contributed by atoms with Gasteiger partial charge in [-0.25, -0.2) is 4.99 Å². The first-order chi connectivity index (χ1) is 15.5. The number of halogens is 2. The number of nitrogens with zero attached hydrogens (tertiary/aromatic N) is 1. The van der Waals surface area contributed by atoms with Gasteiger partial charge >= 0.3 is 6.61 Å². The number of hydrogen-bond donors (Lipinski definition) is 3. The number of aliphatic imine (C=N–C) groups is 1. The first-order valence-electron chi connectivity index (χ1n) is 10.5. The summed E-state index contributed by atoms with van der Waals surface area (Å²) in [5, 5.41) is 9.09. The van der Waals surface area contributed by atoms with Gasteiger partial charge in [-0.1, -0.05) is 19.1 Å². The molecule has 0 saturated carbocycles. The molecule has 2 aromatic rings. The molecule has 0 spiro atoms. The smallest absolute Gasteiger partial charge is 0.387 e. The first kappa shape index (κ1) is 24.9. The van der Waals surface area contributed by atoms with Crippen LogP contribution in [0.2, 0.25) is 0 Å². The number of carbonyl (C=O) groups excluding carboxylic acids is 1. The lowest BCUT2D eigenvalue weighted by atomic mass is 10.1. The highest BCUT2D eigenvalue weighted by molar-refractivity contribution is 5.94. The van der Waals surface area contributed by atoms with Crippen LogP contribution in [0.15, 0.2) is 47.5 Å². The molecule has 0 aliphatic rings. The maximum Gasteiger partial charge on any atom is 0.387 e. The van der Waals surface area contributed by atoms with Crippen molar-refractivity contribution in [3.05, 3.63) is 59.2 Å². The van der Waals surface area contributed by atoms with Crippen molar-refractivity contribution in [3.63, 3.8) is 0 Å². The van der Waals surface area contributed by atoms with Gasteiger partial charge in [-0.15, -0.1) is 0 Å². The van der Waals surface area contributed by atoms with E-state index >= 15 is 0 Å². The normalized spacial score (nSPS) is 11.2. The summed E-state index contributed by atoms with van der Waals surface area (Å²) in [6.45, 7) is 2.77. The summed E-state index contributed by atoms with van der Waals surface area (Å²) in [5.41, 5.74) is 1.95. The van der Waals surface area contributed by atoms with E-state index in [0.29, 0.717) is 42.5 Å². The molecule has 0 atom stereocenters. The van der Waals surface area contributed by atoms with E-state index in [2.05, 4.69) is 25.7 Å². The Morgan fingerprint density at radius 1 is 1.09 bits per heavy atom. The fourth-order valence-electron chi connectivity index (χ4n) is 2.87. The second-order valence-electron chi connectivity index (χ2n) is 6.86. The van der Waals surface area contributed by atoms with Gasteiger partial charge in [-0.05, 0) is 49.2 Å². The first-order valence-corrected chi connectivity index (χ1v) is 10.5. The van der Waals surface area contributed by atoms with Gasteiger partial charge in [0.1, 0.15) is 11.5 Å². The lowest BCUT2D eigenvalue weighted by Gasteiger charge is -2.15. The van der Waals surface area contributed by atoms with Crippen LogP contribution in [-0.4, -0.2) is 38.7 Å². The minimum atomic E-state index is -2.93. The Bertz CT molecular complexity index is 907. The van der Waals surface area contributed by atoms with Crippen LogP contribution >= 0.6 is 0 Å². The minimum Gasteiger partial charge on any atom is -0.497 e. The van der Waals surface area contributed by atoms with Gasteiger partial charge in [0.05, 0.1) is 13.7 Å². The molecule has 32 heavy (non-hydrogen) atoms. The van der Waals surface area contributed by atoms with E-state index in [4.69, 9.17) is 4.74 Å². The van der Waals surface area contributed by atoms with Crippen molar-refractivity contribution < 1.29 is 23.0 Å². The van der Waals surface area contributed by atoms with Crippen LogP contribution in [0.25, 0.3) is 0 Å². The number of amides is 1. The van der Waals surface area contributed by atoms with E-state index < -0.39 is 6.61 Å². The number of hydrogen-bond acceptors (Lipinski definition) is 4. The third-order valence-corrected chi connectivity index (χ3v) is 4.42. The van der Waals surface area contributed by atoms with Crippen molar-refractivity contribution in [2.45, 2.75) is 40.0 Å². The quantitative estimate of drug-likeness (QED) is 0.361. The summed E-state index contributed by atoms with van der Waals surface area (Å²) in [4.78, 5) is 16.7. The lowest BCUT2D eigenvalue weighted by molar-refractivity contribution is -0.0505. The van der Waals surface area contributed by atoms with E-state index in [1.54, 1.807) is 24.3 Å². The topological polar surface area (TPSA) is 84.0 Å². The fraction of sp³-hybridized carbons (Fsp3) is 0.391. The highest BCUT2D eigenvalue weighted by atomic mass is 19.3. The van der Waals surface area contributed by atoms with E-state index in [1.807, 2.05) is 26.0 Å². The maximum atomic E-state index is 12.7. The molecule has 2 aromatic carbocycles. The second kappa shape index (κ2) is 13.1. The van der Waals surface area contributed by atoms with Crippen LogP contribution in [0.1, 0.15) is 41.8 Å². The molecule has 7 nitrogen and oxygen atoms in total. The van der Waals surface area contributed by atoms with Crippen LogP contribution in [-0.2, 0) is 13.1 Å². The summed E-state index contributed by atoms with van der Waals surface area (Å²) in [5.74, 6) is 0.977. The van der Waals surface area contributed by atoms with Crippen molar-refractivity contribution >= 4 is 11.9 Å². The summed E-state index contributed by atoms with van der Waals surface area (Å²) in [7, 11) is 1.50. The van der Waals surface area contributed by atoms with Crippen molar-refractivity contribution in [2.75, 3.05) is 20.2 Å². The molecule has 0 radical (unpaired) electrons. The zero-order valence-electron chi connectivity index (χ0n) is 18.6. The molecule has 0 aliphatic carbocycles. The van der Waals surface area contributed by atoms with Crippen LogP contribution < -0.4 is 25.4 Å². The average molecular weight is 449 g/mol. The van der Waals surface area contributed by atoms with E-state index in [1.165, 1.54) is 13.2 Å². The van der Waals surface area contributed by atoms with E-state index in [-0.39, 0.29) is 18.2 Å². The van der Waals surface area contributed by atoms with Crippen molar-refractivity contribution in [1.82, 2.24) is 16.0 Å². The monoisotopic (exact) mass is 448 g/mol. The highest BCUT2D eigenvalue weighted by Gasteiger charge is 2.12. The van der Waals surface area contributed by atoms with Gasteiger partial charge in [0.2, 0.25) is 0 Å². The second-order valence-corrected chi connectivity index (χ2v) is 6.86. The Labute approximate surface area is 187 Å². The van der Waals surface area contributed by atoms with Crippen molar-refractivity contribution in [3.8, 4) is 11.5 Å². The van der Waals surface area contributed by atoms with Gasteiger partial charge in [-0.3, -0.25) is 4.79 Å². The number of carbonyl (C=O) groups is 1. The van der Waals surface area contributed by atoms with E-state index in [9.17, 15) is 13.6 Å². The zero-order chi connectivity index (χ0) is 23.3. The predicted octanol–water partition coefficient (Wildman–Crippen LogP) is 3.69. The molecule has 0 saturated heterocycles. The molecule has 174 valence electrons. The SMILES string of the molecule is CCCNC(=O)c1cccc(CN=C(NCC)NCc2cc(OC)ccc2OC(F)F)c1. The van der Waals surface area contributed by atoms with E-state index in [0.717, 1.165) is 12.0 Å². The van der Waals surface area contributed by atoms with Gasteiger partial charge in [0.25, 0.3) is 5.91 Å².